The Balaban J connectivity index is 1.63. The summed E-state index contributed by atoms with van der Waals surface area (Å²) in [6.07, 6.45) is 8.69. The molecule has 36 heavy (non-hydrogen) atoms. The number of rotatable bonds is 8. The lowest BCUT2D eigenvalue weighted by atomic mass is 9.89. The van der Waals surface area contributed by atoms with E-state index in [0.29, 0.717) is 17.0 Å². The number of aryl methyl sites for hydroxylation is 1. The first-order valence-corrected chi connectivity index (χ1v) is 12.3. The molecule has 1 saturated carbocycles. The molecule has 0 bridgehead atoms. The molecule has 2 aromatic rings. The number of carbonyl (C=O) groups excluding carboxylic acids is 1. The SMILES string of the molecule is Cc1cccc2c1C(OCC1(CO)CC1)(c1ccc(Cl)cc1)N(CC1=CCC=C([N+](=O)[O-])C=C1)C2=O. The first kappa shape index (κ1) is 24.4. The van der Waals surface area contributed by atoms with E-state index in [1.54, 1.807) is 35.3 Å². The Hall–Kier alpha value is -3.26. The van der Waals surface area contributed by atoms with Crippen molar-refractivity contribution < 1.29 is 19.6 Å². The van der Waals surface area contributed by atoms with E-state index in [1.807, 2.05) is 37.3 Å². The van der Waals surface area contributed by atoms with E-state index in [4.69, 9.17) is 16.3 Å². The summed E-state index contributed by atoms with van der Waals surface area (Å²) in [4.78, 5) is 26.5. The number of aliphatic hydroxyl groups excluding tert-OH is 1. The second-order valence-electron chi connectivity index (χ2n) is 9.72. The van der Waals surface area contributed by atoms with E-state index in [-0.39, 0.29) is 36.8 Å². The van der Waals surface area contributed by atoms with Crippen LogP contribution in [0.3, 0.4) is 0 Å². The maximum atomic E-state index is 13.9. The van der Waals surface area contributed by atoms with Crippen LogP contribution in [-0.4, -0.2) is 40.6 Å². The highest BCUT2D eigenvalue weighted by Gasteiger charge is 2.55. The van der Waals surface area contributed by atoms with Crippen molar-refractivity contribution in [1.82, 2.24) is 4.90 Å². The van der Waals surface area contributed by atoms with E-state index in [0.717, 1.165) is 35.1 Å². The summed E-state index contributed by atoms with van der Waals surface area (Å²) in [7, 11) is 0. The van der Waals surface area contributed by atoms with Gasteiger partial charge in [-0.25, -0.2) is 0 Å². The zero-order valence-corrected chi connectivity index (χ0v) is 20.7. The summed E-state index contributed by atoms with van der Waals surface area (Å²) < 4.78 is 6.79. The molecule has 5 rings (SSSR count). The van der Waals surface area contributed by atoms with Crippen molar-refractivity contribution in [2.45, 2.75) is 31.9 Å². The van der Waals surface area contributed by atoms with Crippen molar-refractivity contribution in [3.63, 3.8) is 0 Å². The van der Waals surface area contributed by atoms with Gasteiger partial charge in [-0.1, -0.05) is 48.0 Å². The van der Waals surface area contributed by atoms with Crippen molar-refractivity contribution in [3.05, 3.63) is 115 Å². The normalized spacial score (nSPS) is 22.1. The fourth-order valence-corrected chi connectivity index (χ4v) is 5.11. The molecule has 1 amide bonds. The molecule has 8 heteroatoms. The molecule has 1 fully saturated rings. The van der Waals surface area contributed by atoms with Crippen LogP contribution < -0.4 is 0 Å². The van der Waals surface area contributed by atoms with E-state index >= 15 is 0 Å². The van der Waals surface area contributed by atoms with Gasteiger partial charge in [0.1, 0.15) is 0 Å². The molecule has 186 valence electrons. The maximum Gasteiger partial charge on any atom is 0.265 e. The summed E-state index contributed by atoms with van der Waals surface area (Å²) in [6.45, 7) is 2.45. The molecule has 1 unspecified atom stereocenters. The Kier molecular flexibility index (Phi) is 6.32. The number of fused-ring (bicyclic) bond motifs is 1. The van der Waals surface area contributed by atoms with Crippen LogP contribution in [0.1, 0.15) is 46.3 Å². The minimum Gasteiger partial charge on any atom is -0.396 e. The lowest BCUT2D eigenvalue weighted by Gasteiger charge is -2.41. The predicted octanol–water partition coefficient (Wildman–Crippen LogP) is 5.14. The van der Waals surface area contributed by atoms with E-state index in [9.17, 15) is 20.0 Å². The number of nitrogens with zero attached hydrogens (tertiary/aromatic N) is 2. The first-order valence-electron chi connectivity index (χ1n) is 11.9. The molecule has 7 nitrogen and oxygen atoms in total. The molecule has 0 spiro atoms. The number of amides is 1. The molecule has 3 aliphatic rings. The van der Waals surface area contributed by atoms with Gasteiger partial charge in [0.2, 0.25) is 0 Å². The van der Waals surface area contributed by atoms with Gasteiger partial charge < -0.3 is 9.84 Å². The van der Waals surface area contributed by atoms with Crippen LogP contribution in [-0.2, 0) is 10.5 Å². The van der Waals surface area contributed by atoms with Crippen molar-refractivity contribution in [2.24, 2.45) is 5.41 Å². The van der Waals surface area contributed by atoms with Crippen LogP contribution in [0.5, 0.6) is 0 Å². The van der Waals surface area contributed by atoms with Crippen LogP contribution in [0.2, 0.25) is 5.02 Å². The predicted molar refractivity (Wildman–Crippen MR) is 136 cm³/mol. The Morgan fingerprint density at radius 2 is 1.89 bits per heavy atom. The molecule has 1 heterocycles. The first-order chi connectivity index (χ1) is 17.3. The van der Waals surface area contributed by atoms with Gasteiger partial charge >= 0.3 is 0 Å². The topological polar surface area (TPSA) is 92.9 Å². The molecule has 0 saturated heterocycles. The molecule has 2 aromatic carbocycles. The summed E-state index contributed by atoms with van der Waals surface area (Å²) in [5, 5.41) is 21.8. The number of carbonyl (C=O) groups is 1. The molecule has 1 atom stereocenters. The molecule has 1 aliphatic heterocycles. The fourth-order valence-electron chi connectivity index (χ4n) is 4.99. The van der Waals surface area contributed by atoms with Crippen LogP contribution in [0, 0.1) is 22.5 Å². The van der Waals surface area contributed by atoms with Gasteiger partial charge in [-0.3, -0.25) is 19.8 Å². The second kappa shape index (κ2) is 9.32. The van der Waals surface area contributed by atoms with E-state index in [2.05, 4.69) is 0 Å². The highest BCUT2D eigenvalue weighted by Crippen LogP contribution is 2.51. The number of halogens is 1. The van der Waals surface area contributed by atoms with Crippen molar-refractivity contribution in [1.29, 1.82) is 0 Å². The van der Waals surface area contributed by atoms with Gasteiger partial charge in [-0.05, 0) is 61.6 Å². The zero-order chi connectivity index (χ0) is 25.5. The minimum absolute atomic E-state index is 0.0154. The van der Waals surface area contributed by atoms with Crippen molar-refractivity contribution >= 4 is 17.5 Å². The number of hydrogen-bond donors (Lipinski definition) is 1. The lowest BCUT2D eigenvalue weighted by molar-refractivity contribution is -0.419. The van der Waals surface area contributed by atoms with Gasteiger partial charge in [0, 0.05) is 39.7 Å². The van der Waals surface area contributed by atoms with Crippen LogP contribution in [0.25, 0.3) is 0 Å². The van der Waals surface area contributed by atoms with Gasteiger partial charge in [0.25, 0.3) is 11.6 Å². The Morgan fingerprint density at radius 1 is 1.14 bits per heavy atom. The Labute approximate surface area is 214 Å². The Bertz CT molecular complexity index is 1310. The summed E-state index contributed by atoms with van der Waals surface area (Å²) >= 11 is 6.22. The number of benzene rings is 2. The molecule has 0 aromatic heterocycles. The number of nitro groups is 1. The van der Waals surface area contributed by atoms with Gasteiger partial charge in [0.15, 0.2) is 5.72 Å². The average molecular weight is 507 g/mol. The number of allylic oxidation sites excluding steroid dienone is 3. The third-order valence-electron chi connectivity index (χ3n) is 7.31. The molecule has 0 radical (unpaired) electrons. The highest BCUT2D eigenvalue weighted by molar-refractivity contribution is 6.30. The average Bonchev–Trinajstić information content (AvgIpc) is 3.65. The van der Waals surface area contributed by atoms with Crippen molar-refractivity contribution in [3.8, 4) is 0 Å². The minimum atomic E-state index is -1.24. The summed E-state index contributed by atoms with van der Waals surface area (Å²) in [5.74, 6) is -0.182. The number of hydrogen-bond acceptors (Lipinski definition) is 5. The van der Waals surface area contributed by atoms with Crippen LogP contribution >= 0.6 is 11.6 Å². The highest BCUT2D eigenvalue weighted by atomic mass is 35.5. The van der Waals surface area contributed by atoms with Gasteiger partial charge in [0.05, 0.1) is 18.1 Å². The molecular formula is C28H27ClN2O5. The smallest absolute Gasteiger partial charge is 0.265 e. The van der Waals surface area contributed by atoms with Gasteiger partial charge in [-0.2, -0.15) is 0 Å². The number of ether oxygens (including phenoxy) is 1. The van der Waals surface area contributed by atoms with E-state index in [1.165, 1.54) is 6.08 Å². The quantitative estimate of drug-likeness (QED) is 0.395. The summed E-state index contributed by atoms with van der Waals surface area (Å²) in [5.41, 5.74) is 2.23. The monoisotopic (exact) mass is 506 g/mol. The molecular weight excluding hydrogens is 480 g/mol. The molecule has 1 N–H and O–H groups in total. The maximum absolute atomic E-state index is 13.9. The third kappa shape index (κ3) is 4.17. The summed E-state index contributed by atoms with van der Waals surface area (Å²) in [6, 6.07) is 12.9. The third-order valence-corrected chi connectivity index (χ3v) is 7.56. The molecule has 2 aliphatic carbocycles. The zero-order valence-electron chi connectivity index (χ0n) is 19.9. The number of aliphatic hydroxyl groups is 1. The standard InChI is InChI=1S/C28H27ClN2O5/c1-19-4-2-7-24-25(19)28(21-9-11-22(29)12-10-21,36-18-27(17-32)14-15-27)30(26(24)33)16-20-5-3-6-23(13-8-20)31(34)35/h2,4-13,32H,3,14-18H2,1H3. The second-order valence-corrected chi connectivity index (χ2v) is 10.2. The fraction of sp³-hybridized carbons (Fsp3) is 0.321. The largest absolute Gasteiger partial charge is 0.396 e. The van der Waals surface area contributed by atoms with Crippen LogP contribution in [0.15, 0.2) is 78.0 Å². The van der Waals surface area contributed by atoms with Crippen LogP contribution in [0.4, 0.5) is 0 Å². The van der Waals surface area contributed by atoms with Crippen molar-refractivity contribution in [2.75, 3.05) is 19.8 Å². The Morgan fingerprint density at radius 3 is 2.56 bits per heavy atom. The van der Waals surface area contributed by atoms with E-state index < -0.39 is 10.6 Å². The lowest BCUT2D eigenvalue weighted by Crippen LogP contribution is -2.49. The van der Waals surface area contributed by atoms with Gasteiger partial charge in [-0.15, -0.1) is 0 Å².